The number of nitrogens with zero attached hydrogens (tertiary/aromatic N) is 4. The van der Waals surface area contributed by atoms with E-state index in [2.05, 4.69) is 20.6 Å². The van der Waals surface area contributed by atoms with Gasteiger partial charge in [-0.05, 0) is 31.0 Å². The van der Waals surface area contributed by atoms with Gasteiger partial charge in [0.25, 0.3) is 5.91 Å². The lowest BCUT2D eigenvalue weighted by atomic mass is 10.1. The molecule has 0 bridgehead atoms. The second-order valence-electron chi connectivity index (χ2n) is 6.78. The molecule has 0 unspecified atom stereocenters. The van der Waals surface area contributed by atoms with Crippen LogP contribution in [0.5, 0.6) is 0 Å². The van der Waals surface area contributed by atoms with Crippen LogP contribution in [0.15, 0.2) is 30.5 Å². The summed E-state index contributed by atoms with van der Waals surface area (Å²) in [6, 6.07) is 3.24. The summed E-state index contributed by atoms with van der Waals surface area (Å²) in [5.41, 5.74) is -3.99. The Morgan fingerprint density at radius 3 is 2.38 bits per heavy atom. The molecule has 172 valence electrons. The molecule has 0 saturated heterocycles. The van der Waals surface area contributed by atoms with Gasteiger partial charge in [0.2, 0.25) is 5.13 Å². The largest absolute Gasteiger partial charge is 0.434 e. The third kappa shape index (κ3) is 4.92. The second-order valence-corrected chi connectivity index (χ2v) is 7.79. The number of carbonyl (C=O) groups excluding carboxylic acids is 1. The molecule has 1 amide bonds. The lowest BCUT2D eigenvalue weighted by molar-refractivity contribution is -0.143. The molecule has 6 nitrogen and oxygen atoms in total. The van der Waals surface area contributed by atoms with Gasteiger partial charge in [-0.2, -0.15) is 31.4 Å². The van der Waals surface area contributed by atoms with Crippen molar-refractivity contribution in [2.45, 2.75) is 45.0 Å². The minimum atomic E-state index is -5.07. The van der Waals surface area contributed by atoms with Gasteiger partial charge in [-0.1, -0.05) is 31.3 Å². The molecule has 0 aliphatic rings. The van der Waals surface area contributed by atoms with E-state index in [0.29, 0.717) is 17.3 Å². The Hall–Kier alpha value is -2.96. The Balaban J connectivity index is 1.97. The number of nitrogens with one attached hydrogen (secondary N) is 1. The maximum atomic E-state index is 13.8. The van der Waals surface area contributed by atoms with Crippen LogP contribution < -0.4 is 5.32 Å². The summed E-state index contributed by atoms with van der Waals surface area (Å²) in [6.45, 7) is 3.90. The molecule has 0 spiro atoms. The van der Waals surface area contributed by atoms with E-state index >= 15 is 0 Å². The molecule has 32 heavy (non-hydrogen) atoms. The number of halogens is 6. The van der Waals surface area contributed by atoms with Crippen LogP contribution in [0.4, 0.5) is 31.5 Å². The Labute approximate surface area is 182 Å². The van der Waals surface area contributed by atoms with E-state index in [0.717, 1.165) is 42.4 Å². The number of rotatable bonds is 6. The molecule has 1 N–H and O–H groups in total. The third-order valence-corrected chi connectivity index (χ3v) is 5.70. The van der Waals surface area contributed by atoms with Gasteiger partial charge in [-0.25, -0.2) is 4.68 Å². The summed E-state index contributed by atoms with van der Waals surface area (Å²) in [6.07, 6.45) is -7.62. The van der Waals surface area contributed by atoms with Crippen LogP contribution in [0.25, 0.3) is 5.69 Å². The fourth-order valence-electron chi connectivity index (χ4n) is 3.05. The van der Waals surface area contributed by atoms with Crippen LogP contribution in [0.3, 0.4) is 0 Å². The van der Waals surface area contributed by atoms with Gasteiger partial charge in [0.1, 0.15) is 5.01 Å². The van der Waals surface area contributed by atoms with Crippen LogP contribution in [-0.2, 0) is 12.4 Å². The van der Waals surface area contributed by atoms with E-state index in [1.165, 1.54) is 0 Å². The fraction of sp³-hybridized carbons (Fsp3) is 0.368. The van der Waals surface area contributed by atoms with E-state index < -0.39 is 40.8 Å². The summed E-state index contributed by atoms with van der Waals surface area (Å²) in [7, 11) is 0. The lowest BCUT2D eigenvalue weighted by Crippen LogP contribution is -2.21. The van der Waals surface area contributed by atoms with E-state index in [9.17, 15) is 31.1 Å². The number of alkyl halides is 6. The van der Waals surface area contributed by atoms with Gasteiger partial charge in [0.05, 0.1) is 23.0 Å². The first-order chi connectivity index (χ1) is 15.0. The molecule has 0 atom stereocenters. The standard InChI is InChI=1S/C19H17F6N5OS/c1-3-10(4-2)16-28-29-17(32-16)27-15(31)13-9-26-30(14(13)19(23,24)25)12-7-5-6-11(8-12)18(20,21)22/h5-10H,3-4H2,1-2H3,(H,27,29,31). The zero-order valence-corrected chi connectivity index (χ0v) is 17.6. The van der Waals surface area contributed by atoms with Crippen molar-refractivity contribution in [1.82, 2.24) is 20.0 Å². The van der Waals surface area contributed by atoms with Crippen LogP contribution in [0, 0.1) is 0 Å². The molecule has 3 aromatic rings. The van der Waals surface area contributed by atoms with Crippen molar-refractivity contribution < 1.29 is 31.1 Å². The zero-order valence-electron chi connectivity index (χ0n) is 16.8. The first kappa shape index (κ1) is 23.7. The van der Waals surface area contributed by atoms with Gasteiger partial charge in [-0.15, -0.1) is 10.2 Å². The number of hydrogen-bond acceptors (Lipinski definition) is 5. The number of aromatic nitrogens is 4. The van der Waals surface area contributed by atoms with E-state index in [1.54, 1.807) is 0 Å². The smallest absolute Gasteiger partial charge is 0.296 e. The molecule has 0 fully saturated rings. The molecule has 0 saturated carbocycles. The molecule has 2 aromatic heterocycles. The summed E-state index contributed by atoms with van der Waals surface area (Å²) in [4.78, 5) is 12.6. The Morgan fingerprint density at radius 2 is 1.78 bits per heavy atom. The number of benzene rings is 1. The van der Waals surface area contributed by atoms with E-state index in [4.69, 9.17) is 0 Å². The maximum Gasteiger partial charge on any atom is 0.434 e. The number of carbonyl (C=O) groups is 1. The van der Waals surface area contributed by atoms with Gasteiger partial charge in [0.15, 0.2) is 5.69 Å². The van der Waals surface area contributed by atoms with Crippen molar-refractivity contribution in [3.63, 3.8) is 0 Å². The van der Waals surface area contributed by atoms with Crippen LogP contribution in [0.2, 0.25) is 0 Å². The van der Waals surface area contributed by atoms with Crippen LogP contribution >= 0.6 is 11.3 Å². The molecule has 2 heterocycles. The first-order valence-corrected chi connectivity index (χ1v) is 10.2. The summed E-state index contributed by atoms with van der Waals surface area (Å²) < 4.78 is 80.5. The molecular formula is C19H17F6N5OS. The van der Waals surface area contributed by atoms with Crippen molar-refractivity contribution in [3.8, 4) is 5.69 Å². The monoisotopic (exact) mass is 477 g/mol. The average Bonchev–Trinajstić information content (AvgIpc) is 3.36. The van der Waals surface area contributed by atoms with E-state index in [1.807, 2.05) is 13.8 Å². The highest BCUT2D eigenvalue weighted by atomic mass is 32.1. The highest BCUT2D eigenvalue weighted by Crippen LogP contribution is 2.36. The highest BCUT2D eigenvalue weighted by Gasteiger charge is 2.41. The highest BCUT2D eigenvalue weighted by molar-refractivity contribution is 7.15. The average molecular weight is 477 g/mol. The Morgan fingerprint density at radius 1 is 1.09 bits per heavy atom. The van der Waals surface area contributed by atoms with Crippen LogP contribution in [-0.4, -0.2) is 25.9 Å². The van der Waals surface area contributed by atoms with Gasteiger partial charge >= 0.3 is 12.4 Å². The molecule has 13 heteroatoms. The molecular weight excluding hydrogens is 460 g/mol. The fourth-order valence-corrected chi connectivity index (χ4v) is 4.05. The van der Waals surface area contributed by atoms with Crippen molar-refractivity contribution in [2.75, 3.05) is 5.32 Å². The summed E-state index contributed by atoms with van der Waals surface area (Å²) in [5, 5.41) is 14.2. The van der Waals surface area contributed by atoms with Crippen molar-refractivity contribution in [1.29, 1.82) is 0 Å². The number of anilines is 1. The minimum absolute atomic E-state index is 0.0110. The van der Waals surface area contributed by atoms with Gasteiger partial charge < -0.3 is 0 Å². The summed E-state index contributed by atoms with van der Waals surface area (Å²) in [5.74, 6) is -1.05. The van der Waals surface area contributed by atoms with Crippen molar-refractivity contribution in [3.05, 3.63) is 52.3 Å². The van der Waals surface area contributed by atoms with Gasteiger partial charge in [0, 0.05) is 5.92 Å². The maximum absolute atomic E-state index is 13.8. The Kier molecular flexibility index (Phi) is 6.58. The zero-order chi connectivity index (χ0) is 23.7. The Bertz CT molecular complexity index is 1100. The quantitative estimate of drug-likeness (QED) is 0.448. The lowest BCUT2D eigenvalue weighted by Gasteiger charge is -2.14. The number of hydrogen-bond donors (Lipinski definition) is 1. The third-order valence-electron chi connectivity index (χ3n) is 4.70. The SMILES string of the molecule is CCC(CC)c1nnc(NC(=O)c2cnn(-c3cccc(C(F)(F)F)c3)c2C(F)(F)F)s1. The van der Waals surface area contributed by atoms with Gasteiger partial charge in [-0.3, -0.25) is 10.1 Å². The predicted molar refractivity (Wildman–Crippen MR) is 105 cm³/mol. The molecule has 1 aromatic carbocycles. The van der Waals surface area contributed by atoms with Crippen LogP contribution in [0.1, 0.15) is 59.2 Å². The molecule has 0 aliphatic carbocycles. The van der Waals surface area contributed by atoms with Crippen molar-refractivity contribution >= 4 is 22.4 Å². The van der Waals surface area contributed by atoms with Crippen molar-refractivity contribution in [2.24, 2.45) is 0 Å². The normalized spacial score (nSPS) is 12.4. The van der Waals surface area contributed by atoms with E-state index in [-0.39, 0.29) is 15.7 Å². The minimum Gasteiger partial charge on any atom is -0.296 e. The second kappa shape index (κ2) is 8.88. The predicted octanol–water partition coefficient (Wildman–Crippen LogP) is 5.92. The summed E-state index contributed by atoms with van der Waals surface area (Å²) >= 11 is 1.05. The topological polar surface area (TPSA) is 72.7 Å². The molecule has 3 rings (SSSR count). The molecule has 0 aliphatic heterocycles. The molecule has 0 radical (unpaired) electrons. The number of amides is 1. The first-order valence-electron chi connectivity index (χ1n) is 9.43.